The van der Waals surface area contributed by atoms with E-state index in [4.69, 9.17) is 9.47 Å². The van der Waals surface area contributed by atoms with E-state index in [1.165, 1.54) is 29.2 Å². The maximum absolute atomic E-state index is 12.9. The molecule has 1 unspecified atom stereocenters. The van der Waals surface area contributed by atoms with Crippen molar-refractivity contribution < 1.29 is 24.0 Å². The number of ether oxygens (including phenoxy) is 2. The van der Waals surface area contributed by atoms with Crippen LogP contribution in [0.5, 0.6) is 5.75 Å². The monoisotopic (exact) mass is 425 g/mol. The summed E-state index contributed by atoms with van der Waals surface area (Å²) in [5, 5.41) is 13.7. The van der Waals surface area contributed by atoms with Gasteiger partial charge in [-0.05, 0) is 31.5 Å². The van der Waals surface area contributed by atoms with Crippen molar-refractivity contribution in [3.8, 4) is 5.75 Å². The summed E-state index contributed by atoms with van der Waals surface area (Å²) in [6.45, 7) is 3.91. The SMILES string of the molecule is CCOC(=O)C1=C(COc2ccc([N+](=O)[O-])cc2)N(CC)C(=O)NC1c1ccccc1. The molecule has 9 heteroatoms. The molecule has 31 heavy (non-hydrogen) atoms. The number of carbonyl (C=O) groups is 2. The Morgan fingerprint density at radius 1 is 1.13 bits per heavy atom. The van der Waals surface area contributed by atoms with Crippen molar-refractivity contribution >= 4 is 17.7 Å². The summed E-state index contributed by atoms with van der Waals surface area (Å²) in [5.74, 6) is -0.170. The molecule has 2 aromatic rings. The fourth-order valence-electron chi connectivity index (χ4n) is 3.35. The van der Waals surface area contributed by atoms with Crippen molar-refractivity contribution in [1.82, 2.24) is 10.2 Å². The second kappa shape index (κ2) is 9.75. The average Bonchev–Trinajstić information content (AvgIpc) is 2.78. The van der Waals surface area contributed by atoms with E-state index in [0.717, 1.165) is 5.56 Å². The number of nitro groups is 1. The molecule has 1 N–H and O–H groups in total. The lowest BCUT2D eigenvalue weighted by Gasteiger charge is -2.36. The van der Waals surface area contributed by atoms with Gasteiger partial charge in [0.2, 0.25) is 0 Å². The zero-order chi connectivity index (χ0) is 22.4. The molecule has 0 aliphatic carbocycles. The fraction of sp³-hybridized carbons (Fsp3) is 0.273. The van der Waals surface area contributed by atoms with E-state index < -0.39 is 16.9 Å². The van der Waals surface area contributed by atoms with E-state index in [0.29, 0.717) is 18.0 Å². The number of esters is 1. The third-order valence-electron chi connectivity index (χ3n) is 4.81. The third-order valence-corrected chi connectivity index (χ3v) is 4.81. The van der Waals surface area contributed by atoms with Crippen molar-refractivity contribution in [2.75, 3.05) is 19.8 Å². The molecule has 9 nitrogen and oxygen atoms in total. The number of rotatable bonds is 8. The second-order valence-corrected chi connectivity index (χ2v) is 6.66. The van der Waals surface area contributed by atoms with Gasteiger partial charge in [0.15, 0.2) is 0 Å². The zero-order valence-electron chi connectivity index (χ0n) is 17.2. The van der Waals surface area contributed by atoms with Gasteiger partial charge < -0.3 is 14.8 Å². The van der Waals surface area contributed by atoms with E-state index in [1.54, 1.807) is 13.8 Å². The van der Waals surface area contributed by atoms with Gasteiger partial charge in [-0.3, -0.25) is 15.0 Å². The number of urea groups is 1. The molecule has 1 heterocycles. The van der Waals surface area contributed by atoms with Crippen LogP contribution in [-0.2, 0) is 9.53 Å². The molecule has 0 fully saturated rings. The summed E-state index contributed by atoms with van der Waals surface area (Å²) in [7, 11) is 0. The molecule has 0 spiro atoms. The Balaban J connectivity index is 2.00. The Hall–Kier alpha value is -3.88. The number of nitrogens with one attached hydrogen (secondary N) is 1. The maximum Gasteiger partial charge on any atom is 0.338 e. The van der Waals surface area contributed by atoms with Crippen molar-refractivity contribution in [3.05, 3.63) is 81.5 Å². The summed E-state index contributed by atoms with van der Waals surface area (Å²) in [6, 6.07) is 13.7. The molecule has 1 aliphatic heterocycles. The summed E-state index contributed by atoms with van der Waals surface area (Å²) in [6.07, 6.45) is 0. The van der Waals surface area contributed by atoms with E-state index in [1.807, 2.05) is 30.3 Å². The normalized spacial score (nSPS) is 16.0. The number of likely N-dealkylation sites (N-methyl/N-ethyl adjacent to an activating group) is 1. The summed E-state index contributed by atoms with van der Waals surface area (Å²) >= 11 is 0. The van der Waals surface area contributed by atoms with Gasteiger partial charge in [0.1, 0.15) is 12.4 Å². The molecule has 1 aliphatic rings. The quantitative estimate of drug-likeness (QED) is 0.393. The first-order valence-corrected chi connectivity index (χ1v) is 9.86. The Morgan fingerprint density at radius 2 is 1.81 bits per heavy atom. The first-order chi connectivity index (χ1) is 15.0. The van der Waals surface area contributed by atoms with Crippen molar-refractivity contribution in [2.45, 2.75) is 19.9 Å². The molecule has 0 bridgehead atoms. The van der Waals surface area contributed by atoms with Crippen LogP contribution in [0.4, 0.5) is 10.5 Å². The minimum Gasteiger partial charge on any atom is -0.487 e. The topological polar surface area (TPSA) is 111 Å². The molecule has 0 saturated carbocycles. The molecule has 1 atom stereocenters. The highest BCUT2D eigenvalue weighted by molar-refractivity contribution is 5.95. The number of nitro benzene ring substituents is 1. The smallest absolute Gasteiger partial charge is 0.338 e. The lowest BCUT2D eigenvalue weighted by atomic mass is 9.94. The van der Waals surface area contributed by atoms with E-state index in [2.05, 4.69) is 5.32 Å². The van der Waals surface area contributed by atoms with E-state index in [-0.39, 0.29) is 30.5 Å². The molecular formula is C22H23N3O6. The number of hydrogen-bond donors (Lipinski definition) is 1. The van der Waals surface area contributed by atoms with Crippen molar-refractivity contribution in [3.63, 3.8) is 0 Å². The van der Waals surface area contributed by atoms with Crippen LogP contribution < -0.4 is 10.1 Å². The molecule has 0 radical (unpaired) electrons. The molecule has 0 saturated heterocycles. The molecule has 3 rings (SSSR count). The van der Waals surface area contributed by atoms with Gasteiger partial charge in [-0.2, -0.15) is 0 Å². The molecular weight excluding hydrogens is 402 g/mol. The first kappa shape index (κ1) is 21.8. The number of hydrogen-bond acceptors (Lipinski definition) is 6. The van der Waals surface area contributed by atoms with Crippen LogP contribution in [0.2, 0.25) is 0 Å². The molecule has 2 aromatic carbocycles. The highest BCUT2D eigenvalue weighted by Crippen LogP contribution is 2.32. The lowest BCUT2D eigenvalue weighted by Crippen LogP contribution is -2.49. The average molecular weight is 425 g/mol. The molecule has 162 valence electrons. The van der Waals surface area contributed by atoms with Gasteiger partial charge in [0, 0.05) is 18.7 Å². The van der Waals surface area contributed by atoms with Crippen LogP contribution in [0.25, 0.3) is 0 Å². The van der Waals surface area contributed by atoms with Gasteiger partial charge in [0.05, 0.1) is 28.8 Å². The van der Waals surface area contributed by atoms with Crippen LogP contribution in [0.3, 0.4) is 0 Å². The van der Waals surface area contributed by atoms with Crippen molar-refractivity contribution in [1.29, 1.82) is 0 Å². The van der Waals surface area contributed by atoms with Crippen LogP contribution in [-0.4, -0.2) is 41.6 Å². The first-order valence-electron chi connectivity index (χ1n) is 9.86. The highest BCUT2D eigenvalue weighted by atomic mass is 16.6. The highest BCUT2D eigenvalue weighted by Gasteiger charge is 2.37. The van der Waals surface area contributed by atoms with Crippen LogP contribution in [0.15, 0.2) is 65.9 Å². The lowest BCUT2D eigenvalue weighted by molar-refractivity contribution is -0.384. The van der Waals surface area contributed by atoms with Gasteiger partial charge in [0.25, 0.3) is 5.69 Å². The zero-order valence-corrected chi connectivity index (χ0v) is 17.2. The van der Waals surface area contributed by atoms with Crippen LogP contribution in [0, 0.1) is 10.1 Å². The fourth-order valence-corrected chi connectivity index (χ4v) is 3.35. The largest absolute Gasteiger partial charge is 0.487 e. The summed E-state index contributed by atoms with van der Waals surface area (Å²) in [5.41, 5.74) is 1.35. The van der Waals surface area contributed by atoms with E-state index >= 15 is 0 Å². The van der Waals surface area contributed by atoms with Gasteiger partial charge >= 0.3 is 12.0 Å². The predicted octanol–water partition coefficient (Wildman–Crippen LogP) is 3.58. The summed E-state index contributed by atoms with van der Waals surface area (Å²) < 4.78 is 11.1. The number of carbonyl (C=O) groups excluding carboxylic acids is 2. The van der Waals surface area contributed by atoms with E-state index in [9.17, 15) is 19.7 Å². The van der Waals surface area contributed by atoms with Crippen LogP contribution >= 0.6 is 0 Å². The van der Waals surface area contributed by atoms with Gasteiger partial charge in [-0.1, -0.05) is 30.3 Å². The number of nitrogens with zero attached hydrogens (tertiary/aromatic N) is 2. The second-order valence-electron chi connectivity index (χ2n) is 6.66. The standard InChI is InChI=1S/C22H23N3O6/c1-3-24-18(14-31-17-12-10-16(11-13-17)25(28)29)19(21(26)30-4-2)20(23-22(24)27)15-8-6-5-7-9-15/h5-13,20H,3-4,14H2,1-2H3,(H,23,27). The number of benzene rings is 2. The summed E-state index contributed by atoms with van der Waals surface area (Å²) in [4.78, 5) is 37.4. The van der Waals surface area contributed by atoms with Crippen LogP contribution in [0.1, 0.15) is 25.5 Å². The number of amides is 2. The van der Waals surface area contributed by atoms with Gasteiger partial charge in [-0.25, -0.2) is 9.59 Å². The Labute approximate surface area is 179 Å². The Bertz CT molecular complexity index is 988. The third kappa shape index (κ3) is 4.82. The maximum atomic E-state index is 12.9. The minimum absolute atomic E-state index is 0.0600. The number of non-ortho nitro benzene ring substituents is 1. The van der Waals surface area contributed by atoms with Crippen molar-refractivity contribution in [2.24, 2.45) is 0 Å². The molecule has 2 amide bonds. The minimum atomic E-state index is -0.689. The Kier molecular flexibility index (Phi) is 6.86. The Morgan fingerprint density at radius 3 is 2.39 bits per heavy atom. The molecule has 0 aromatic heterocycles. The van der Waals surface area contributed by atoms with Gasteiger partial charge in [-0.15, -0.1) is 0 Å². The predicted molar refractivity (Wildman–Crippen MR) is 112 cm³/mol.